The van der Waals surface area contributed by atoms with Crippen LogP contribution in [-0.2, 0) is 0 Å². The lowest BCUT2D eigenvalue weighted by Crippen LogP contribution is -2.49. The quantitative estimate of drug-likeness (QED) is 0.488. The average Bonchev–Trinajstić information content (AvgIpc) is 3.24. The van der Waals surface area contributed by atoms with Gasteiger partial charge in [0, 0.05) is 31.2 Å². The SMILES string of the molecule is O=C(Oc1ccccc1)N1CCN(c2ncnc3c2cnn3-c2cccc(Cl)c2)CC1. The summed E-state index contributed by atoms with van der Waals surface area (Å²) in [5, 5.41) is 5.98. The highest BCUT2D eigenvalue weighted by molar-refractivity contribution is 6.30. The molecule has 8 nitrogen and oxygen atoms in total. The molecule has 1 aliphatic rings. The number of anilines is 1. The zero-order chi connectivity index (χ0) is 21.2. The van der Waals surface area contributed by atoms with E-state index in [0.29, 0.717) is 42.6 Å². The molecule has 4 aromatic rings. The maximum Gasteiger partial charge on any atom is 0.415 e. The second-order valence-corrected chi connectivity index (χ2v) is 7.56. The van der Waals surface area contributed by atoms with E-state index in [1.165, 1.54) is 6.33 Å². The van der Waals surface area contributed by atoms with E-state index in [-0.39, 0.29) is 6.09 Å². The summed E-state index contributed by atoms with van der Waals surface area (Å²) in [6.07, 6.45) is 2.96. The standard InChI is InChI=1S/C22H19ClN6O2/c23-16-5-4-6-17(13-16)29-21-19(14-26-29)20(24-15-25-21)27-9-11-28(12-10-27)22(30)31-18-7-2-1-3-8-18/h1-8,13-15H,9-12H2. The molecule has 9 heteroatoms. The smallest absolute Gasteiger partial charge is 0.410 e. The number of hydrogen-bond acceptors (Lipinski definition) is 6. The van der Waals surface area contributed by atoms with E-state index >= 15 is 0 Å². The van der Waals surface area contributed by atoms with Crippen molar-refractivity contribution in [2.24, 2.45) is 0 Å². The van der Waals surface area contributed by atoms with Gasteiger partial charge in [-0.15, -0.1) is 0 Å². The molecule has 3 heterocycles. The highest BCUT2D eigenvalue weighted by atomic mass is 35.5. The minimum atomic E-state index is -0.340. The highest BCUT2D eigenvalue weighted by Crippen LogP contribution is 2.26. The van der Waals surface area contributed by atoms with Crippen LogP contribution in [0.4, 0.5) is 10.6 Å². The molecule has 156 valence electrons. The molecule has 5 rings (SSSR count). The molecule has 0 spiro atoms. The van der Waals surface area contributed by atoms with Gasteiger partial charge in [0.15, 0.2) is 5.65 Å². The summed E-state index contributed by atoms with van der Waals surface area (Å²) >= 11 is 6.13. The van der Waals surface area contributed by atoms with E-state index in [9.17, 15) is 4.79 Å². The van der Waals surface area contributed by atoms with Crippen LogP contribution in [0.25, 0.3) is 16.7 Å². The number of hydrogen-bond donors (Lipinski definition) is 0. The average molecular weight is 435 g/mol. The van der Waals surface area contributed by atoms with Crippen LogP contribution < -0.4 is 9.64 Å². The van der Waals surface area contributed by atoms with Crippen molar-refractivity contribution < 1.29 is 9.53 Å². The van der Waals surface area contributed by atoms with Crippen molar-refractivity contribution in [3.63, 3.8) is 0 Å². The Bertz CT molecular complexity index is 1220. The second-order valence-electron chi connectivity index (χ2n) is 7.13. The lowest BCUT2D eigenvalue weighted by Gasteiger charge is -2.34. The van der Waals surface area contributed by atoms with E-state index in [0.717, 1.165) is 16.9 Å². The zero-order valence-electron chi connectivity index (χ0n) is 16.6. The van der Waals surface area contributed by atoms with Gasteiger partial charge in [-0.3, -0.25) is 0 Å². The van der Waals surface area contributed by atoms with Crippen LogP contribution in [0.1, 0.15) is 0 Å². The number of aromatic nitrogens is 4. The van der Waals surface area contributed by atoms with Crippen molar-refractivity contribution in [2.45, 2.75) is 0 Å². The molecule has 0 N–H and O–H groups in total. The van der Waals surface area contributed by atoms with Crippen LogP contribution >= 0.6 is 11.6 Å². The lowest BCUT2D eigenvalue weighted by molar-refractivity contribution is 0.149. The van der Waals surface area contributed by atoms with E-state index in [2.05, 4.69) is 20.0 Å². The molecular formula is C22H19ClN6O2. The van der Waals surface area contributed by atoms with Crippen molar-refractivity contribution >= 4 is 34.5 Å². The van der Waals surface area contributed by atoms with Crippen molar-refractivity contribution in [3.8, 4) is 11.4 Å². The largest absolute Gasteiger partial charge is 0.415 e. The monoisotopic (exact) mass is 434 g/mol. The molecule has 0 aliphatic carbocycles. The number of para-hydroxylation sites is 1. The Morgan fingerprint density at radius 1 is 0.968 bits per heavy atom. The Labute approximate surface area is 183 Å². The second kappa shape index (κ2) is 8.23. The number of rotatable bonds is 3. The molecule has 0 radical (unpaired) electrons. The van der Waals surface area contributed by atoms with E-state index in [1.807, 2.05) is 42.5 Å². The van der Waals surface area contributed by atoms with Gasteiger partial charge in [0.05, 0.1) is 17.3 Å². The molecular weight excluding hydrogens is 416 g/mol. The third-order valence-electron chi connectivity index (χ3n) is 5.18. The van der Waals surface area contributed by atoms with Crippen LogP contribution in [0.3, 0.4) is 0 Å². The minimum absolute atomic E-state index is 0.340. The van der Waals surface area contributed by atoms with Gasteiger partial charge in [0.2, 0.25) is 0 Å². The summed E-state index contributed by atoms with van der Waals surface area (Å²) in [4.78, 5) is 25.2. The number of amides is 1. The lowest BCUT2D eigenvalue weighted by atomic mass is 10.3. The first-order valence-corrected chi connectivity index (χ1v) is 10.3. The summed E-state index contributed by atoms with van der Waals surface area (Å²) in [6, 6.07) is 16.6. The predicted molar refractivity (Wildman–Crippen MR) is 118 cm³/mol. The van der Waals surface area contributed by atoms with Gasteiger partial charge in [0.25, 0.3) is 0 Å². The third-order valence-corrected chi connectivity index (χ3v) is 5.42. The van der Waals surface area contributed by atoms with Crippen molar-refractivity contribution in [1.82, 2.24) is 24.6 Å². The molecule has 0 saturated carbocycles. The summed E-state index contributed by atoms with van der Waals surface area (Å²) in [6.45, 7) is 2.36. The van der Waals surface area contributed by atoms with Gasteiger partial charge in [-0.25, -0.2) is 19.4 Å². The Morgan fingerprint density at radius 2 is 1.77 bits per heavy atom. The normalized spacial score (nSPS) is 14.1. The topological polar surface area (TPSA) is 76.4 Å². The minimum Gasteiger partial charge on any atom is -0.410 e. The van der Waals surface area contributed by atoms with Crippen LogP contribution in [0.5, 0.6) is 5.75 Å². The molecule has 1 aliphatic heterocycles. The number of halogens is 1. The van der Waals surface area contributed by atoms with E-state index < -0.39 is 0 Å². The molecule has 1 saturated heterocycles. The fourth-order valence-electron chi connectivity index (χ4n) is 3.64. The fourth-order valence-corrected chi connectivity index (χ4v) is 3.82. The van der Waals surface area contributed by atoms with Crippen LogP contribution in [0.15, 0.2) is 67.1 Å². The van der Waals surface area contributed by atoms with Gasteiger partial charge in [-0.1, -0.05) is 35.9 Å². The van der Waals surface area contributed by atoms with Gasteiger partial charge < -0.3 is 14.5 Å². The number of fused-ring (bicyclic) bond motifs is 1. The van der Waals surface area contributed by atoms with Crippen molar-refractivity contribution in [1.29, 1.82) is 0 Å². The Balaban J connectivity index is 1.33. The summed E-state index contributed by atoms with van der Waals surface area (Å²) < 4.78 is 7.20. The van der Waals surface area contributed by atoms with Crippen LogP contribution in [-0.4, -0.2) is 56.9 Å². The molecule has 2 aromatic carbocycles. The maximum absolute atomic E-state index is 12.4. The van der Waals surface area contributed by atoms with Crippen molar-refractivity contribution in [3.05, 3.63) is 72.1 Å². The van der Waals surface area contributed by atoms with E-state index in [4.69, 9.17) is 16.3 Å². The third kappa shape index (κ3) is 3.89. The first kappa shape index (κ1) is 19.3. The first-order valence-electron chi connectivity index (χ1n) is 9.90. The molecule has 2 aromatic heterocycles. The zero-order valence-corrected chi connectivity index (χ0v) is 17.3. The molecule has 0 atom stereocenters. The number of ether oxygens (including phenoxy) is 1. The van der Waals surface area contributed by atoms with E-state index in [1.54, 1.807) is 27.9 Å². The van der Waals surface area contributed by atoms with Gasteiger partial charge in [-0.2, -0.15) is 5.10 Å². The molecule has 1 amide bonds. The highest BCUT2D eigenvalue weighted by Gasteiger charge is 2.25. The Hall–Kier alpha value is -3.65. The molecule has 0 bridgehead atoms. The van der Waals surface area contributed by atoms with Gasteiger partial charge >= 0.3 is 6.09 Å². The Kier molecular flexibility index (Phi) is 5.13. The molecule has 0 unspecified atom stereocenters. The summed E-state index contributed by atoms with van der Waals surface area (Å²) in [7, 11) is 0. The number of carbonyl (C=O) groups is 1. The fraction of sp³-hybridized carbons (Fsp3) is 0.182. The number of benzene rings is 2. The summed E-state index contributed by atoms with van der Waals surface area (Å²) in [5.41, 5.74) is 1.54. The van der Waals surface area contributed by atoms with Crippen molar-refractivity contribution in [2.75, 3.05) is 31.1 Å². The van der Waals surface area contributed by atoms with Gasteiger partial charge in [-0.05, 0) is 30.3 Å². The number of piperazine rings is 1. The van der Waals surface area contributed by atoms with Crippen LogP contribution in [0.2, 0.25) is 5.02 Å². The molecule has 31 heavy (non-hydrogen) atoms. The molecule has 1 fully saturated rings. The van der Waals surface area contributed by atoms with Crippen LogP contribution in [0, 0.1) is 0 Å². The Morgan fingerprint density at radius 3 is 2.55 bits per heavy atom. The number of carbonyl (C=O) groups excluding carboxylic acids is 1. The maximum atomic E-state index is 12.4. The first-order chi connectivity index (χ1) is 15.2. The summed E-state index contributed by atoms with van der Waals surface area (Å²) in [5.74, 6) is 1.34. The number of nitrogens with zero attached hydrogens (tertiary/aromatic N) is 6. The predicted octanol–water partition coefficient (Wildman–Crippen LogP) is 3.79. The van der Waals surface area contributed by atoms with Gasteiger partial charge in [0.1, 0.15) is 17.9 Å².